The number of hydrogen-bond acceptors (Lipinski definition) is 6. The van der Waals surface area contributed by atoms with Crippen LogP contribution >= 0.6 is 0 Å². The number of benzene rings is 1. The smallest absolute Gasteiger partial charge is 0.236 e. The van der Waals surface area contributed by atoms with Crippen molar-refractivity contribution in [2.24, 2.45) is 0 Å². The van der Waals surface area contributed by atoms with Crippen LogP contribution in [0.2, 0.25) is 0 Å². The van der Waals surface area contributed by atoms with Gasteiger partial charge in [0.2, 0.25) is 11.9 Å². The fraction of sp³-hybridized carbons (Fsp3) is 0.421. The van der Waals surface area contributed by atoms with E-state index >= 15 is 0 Å². The summed E-state index contributed by atoms with van der Waals surface area (Å²) in [6, 6.07) is 9.61. The zero-order chi connectivity index (χ0) is 18.4. The number of carbonyl (C=O) groups excluding carboxylic acids is 1. The highest BCUT2D eigenvalue weighted by Crippen LogP contribution is 2.19. The minimum atomic E-state index is 0.111. The van der Waals surface area contributed by atoms with Gasteiger partial charge in [-0.25, -0.2) is 9.97 Å². The molecule has 2 heterocycles. The molecule has 0 bridgehead atoms. The lowest BCUT2D eigenvalue weighted by Crippen LogP contribution is -2.50. The third-order valence-electron chi connectivity index (χ3n) is 4.59. The average molecular weight is 355 g/mol. The summed E-state index contributed by atoms with van der Waals surface area (Å²) in [5.74, 6) is 1.68. The van der Waals surface area contributed by atoms with E-state index in [-0.39, 0.29) is 5.91 Å². The molecule has 0 atom stereocenters. The number of amides is 1. The van der Waals surface area contributed by atoms with Crippen molar-refractivity contribution in [1.29, 1.82) is 0 Å². The Balaban J connectivity index is 1.49. The Morgan fingerprint density at radius 3 is 2.50 bits per heavy atom. The molecule has 7 nitrogen and oxygen atoms in total. The van der Waals surface area contributed by atoms with Gasteiger partial charge in [0, 0.05) is 57.7 Å². The fourth-order valence-electron chi connectivity index (χ4n) is 3.05. The first-order valence-corrected chi connectivity index (χ1v) is 8.77. The number of carbonyl (C=O) groups is 1. The summed E-state index contributed by atoms with van der Waals surface area (Å²) in [5.41, 5.74) is 1.01. The molecule has 1 aliphatic rings. The summed E-state index contributed by atoms with van der Waals surface area (Å²) < 4.78 is 5.36. The standard InChI is InChI=1S/C19H25N5O2/c1-22(14-16-6-3-4-7-17(16)26-2)18(25)15-23-10-12-24(13-11-23)19-20-8-5-9-21-19/h3-9H,10-15H2,1-2H3. The number of piperazine rings is 1. The van der Waals surface area contributed by atoms with Crippen molar-refractivity contribution in [2.75, 3.05) is 51.8 Å². The van der Waals surface area contributed by atoms with Crippen LogP contribution in [0, 0.1) is 0 Å². The van der Waals surface area contributed by atoms with Crippen molar-refractivity contribution in [3.63, 3.8) is 0 Å². The van der Waals surface area contributed by atoms with Crippen LogP contribution in [-0.2, 0) is 11.3 Å². The molecule has 0 radical (unpaired) electrons. The van der Waals surface area contributed by atoms with E-state index in [1.54, 1.807) is 24.4 Å². The maximum atomic E-state index is 12.6. The van der Waals surface area contributed by atoms with Crippen LogP contribution in [0.1, 0.15) is 5.56 Å². The first kappa shape index (κ1) is 18.1. The van der Waals surface area contributed by atoms with E-state index in [1.807, 2.05) is 37.4 Å². The van der Waals surface area contributed by atoms with Gasteiger partial charge in [0.05, 0.1) is 13.7 Å². The number of hydrogen-bond donors (Lipinski definition) is 0. The van der Waals surface area contributed by atoms with Gasteiger partial charge in [-0.1, -0.05) is 18.2 Å². The summed E-state index contributed by atoms with van der Waals surface area (Å²) in [6.07, 6.45) is 3.51. The van der Waals surface area contributed by atoms with Crippen LogP contribution in [0.3, 0.4) is 0 Å². The van der Waals surface area contributed by atoms with Crippen LogP contribution in [0.25, 0.3) is 0 Å². The van der Waals surface area contributed by atoms with E-state index in [4.69, 9.17) is 4.74 Å². The first-order valence-electron chi connectivity index (χ1n) is 8.77. The maximum absolute atomic E-state index is 12.6. The Morgan fingerprint density at radius 1 is 1.12 bits per heavy atom. The molecule has 0 unspecified atom stereocenters. The molecule has 2 aromatic rings. The molecule has 138 valence electrons. The van der Waals surface area contributed by atoms with Gasteiger partial charge in [-0.15, -0.1) is 0 Å². The lowest BCUT2D eigenvalue weighted by atomic mass is 10.2. The molecule has 0 N–H and O–H groups in total. The summed E-state index contributed by atoms with van der Waals surface area (Å²) in [5, 5.41) is 0. The van der Waals surface area contributed by atoms with Gasteiger partial charge in [-0.2, -0.15) is 0 Å². The lowest BCUT2D eigenvalue weighted by Gasteiger charge is -2.34. The van der Waals surface area contributed by atoms with E-state index in [9.17, 15) is 4.79 Å². The molecule has 1 saturated heterocycles. The summed E-state index contributed by atoms with van der Waals surface area (Å²) in [6.45, 7) is 4.27. The molecular formula is C19H25N5O2. The molecule has 0 aliphatic carbocycles. The predicted octanol–water partition coefficient (Wildman–Crippen LogP) is 1.27. The molecular weight excluding hydrogens is 330 g/mol. The molecule has 1 aliphatic heterocycles. The van der Waals surface area contributed by atoms with Gasteiger partial charge in [-0.3, -0.25) is 9.69 Å². The highest BCUT2D eigenvalue weighted by molar-refractivity contribution is 5.78. The molecule has 26 heavy (non-hydrogen) atoms. The minimum Gasteiger partial charge on any atom is -0.496 e. The normalized spacial score (nSPS) is 14.9. The molecule has 0 spiro atoms. The number of para-hydroxylation sites is 1. The predicted molar refractivity (Wildman–Crippen MR) is 100 cm³/mol. The summed E-state index contributed by atoms with van der Waals surface area (Å²) in [4.78, 5) is 27.2. The van der Waals surface area contributed by atoms with Gasteiger partial charge in [0.25, 0.3) is 0 Å². The number of likely N-dealkylation sites (N-methyl/N-ethyl adjacent to an activating group) is 1. The second kappa shape index (κ2) is 8.62. The zero-order valence-corrected chi connectivity index (χ0v) is 15.3. The molecule has 1 amide bonds. The molecule has 1 aromatic carbocycles. The van der Waals surface area contributed by atoms with E-state index in [1.165, 1.54) is 0 Å². The number of nitrogens with zero attached hydrogens (tertiary/aromatic N) is 5. The monoisotopic (exact) mass is 355 g/mol. The first-order chi connectivity index (χ1) is 12.7. The van der Waals surface area contributed by atoms with E-state index in [0.29, 0.717) is 13.1 Å². The van der Waals surface area contributed by atoms with Crippen LogP contribution in [0.5, 0.6) is 5.75 Å². The van der Waals surface area contributed by atoms with Crippen molar-refractivity contribution in [3.8, 4) is 5.75 Å². The zero-order valence-electron chi connectivity index (χ0n) is 15.3. The third-order valence-corrected chi connectivity index (χ3v) is 4.59. The van der Waals surface area contributed by atoms with E-state index in [0.717, 1.165) is 43.4 Å². The summed E-state index contributed by atoms with van der Waals surface area (Å²) in [7, 11) is 3.49. The van der Waals surface area contributed by atoms with E-state index < -0.39 is 0 Å². The molecule has 1 aromatic heterocycles. The Hall–Kier alpha value is -2.67. The fourth-order valence-corrected chi connectivity index (χ4v) is 3.05. The second-order valence-electron chi connectivity index (χ2n) is 6.37. The maximum Gasteiger partial charge on any atom is 0.236 e. The van der Waals surface area contributed by atoms with Gasteiger partial charge >= 0.3 is 0 Å². The Bertz CT molecular complexity index is 717. The topological polar surface area (TPSA) is 61.8 Å². The van der Waals surface area contributed by atoms with Crippen LogP contribution in [-0.4, -0.2) is 72.6 Å². The van der Waals surface area contributed by atoms with Crippen LogP contribution < -0.4 is 9.64 Å². The highest BCUT2D eigenvalue weighted by Gasteiger charge is 2.22. The van der Waals surface area contributed by atoms with Gasteiger partial charge in [0.1, 0.15) is 5.75 Å². The van der Waals surface area contributed by atoms with Crippen molar-refractivity contribution in [1.82, 2.24) is 19.8 Å². The largest absolute Gasteiger partial charge is 0.496 e. The number of anilines is 1. The Labute approximate surface area is 154 Å². The SMILES string of the molecule is COc1ccccc1CN(C)C(=O)CN1CCN(c2ncccn2)CC1. The van der Waals surface area contributed by atoms with Crippen LogP contribution in [0.4, 0.5) is 5.95 Å². The number of ether oxygens (including phenoxy) is 1. The van der Waals surface area contributed by atoms with E-state index in [2.05, 4.69) is 19.8 Å². The number of aromatic nitrogens is 2. The molecule has 7 heteroatoms. The van der Waals surface area contributed by atoms with Crippen molar-refractivity contribution in [3.05, 3.63) is 48.3 Å². The average Bonchev–Trinajstić information content (AvgIpc) is 2.69. The minimum absolute atomic E-state index is 0.111. The Morgan fingerprint density at radius 2 is 1.81 bits per heavy atom. The number of methoxy groups -OCH3 is 1. The Kier molecular flexibility index (Phi) is 6.01. The highest BCUT2D eigenvalue weighted by atomic mass is 16.5. The third kappa shape index (κ3) is 4.49. The van der Waals surface area contributed by atoms with Crippen molar-refractivity contribution < 1.29 is 9.53 Å². The van der Waals surface area contributed by atoms with Gasteiger partial charge in [-0.05, 0) is 12.1 Å². The van der Waals surface area contributed by atoms with Crippen molar-refractivity contribution in [2.45, 2.75) is 6.54 Å². The molecule has 3 rings (SSSR count). The van der Waals surface area contributed by atoms with Gasteiger partial charge in [0.15, 0.2) is 0 Å². The quantitative estimate of drug-likeness (QED) is 0.778. The number of rotatable bonds is 6. The second-order valence-corrected chi connectivity index (χ2v) is 6.37. The lowest BCUT2D eigenvalue weighted by molar-refractivity contribution is -0.131. The summed E-state index contributed by atoms with van der Waals surface area (Å²) >= 11 is 0. The molecule has 0 saturated carbocycles. The van der Waals surface area contributed by atoms with Crippen LogP contribution in [0.15, 0.2) is 42.7 Å². The molecule has 1 fully saturated rings. The van der Waals surface area contributed by atoms with Gasteiger partial charge < -0.3 is 14.5 Å². The van der Waals surface area contributed by atoms with Crippen molar-refractivity contribution >= 4 is 11.9 Å².